The zero-order valence-electron chi connectivity index (χ0n) is 20.9. The van der Waals surface area contributed by atoms with E-state index in [1.54, 1.807) is 72.8 Å². The van der Waals surface area contributed by atoms with Crippen LogP contribution in [0.3, 0.4) is 0 Å². The molecule has 1 heterocycles. The highest BCUT2D eigenvalue weighted by Gasteiger charge is 2.12. The number of benzene rings is 3. The van der Waals surface area contributed by atoms with Crippen LogP contribution in [-0.4, -0.2) is 29.9 Å². The van der Waals surface area contributed by atoms with E-state index in [0.29, 0.717) is 45.1 Å². The summed E-state index contributed by atoms with van der Waals surface area (Å²) in [5, 5.41) is 11.1. The molecule has 0 spiro atoms. The van der Waals surface area contributed by atoms with Crippen LogP contribution in [-0.2, 0) is 4.79 Å². The molecule has 198 valence electrons. The van der Waals surface area contributed by atoms with E-state index in [0.717, 1.165) is 0 Å². The molecule has 4 amide bonds. The number of hydrogen-bond acceptors (Lipinski definition) is 6. The molecule has 10 nitrogen and oxygen atoms in total. The summed E-state index contributed by atoms with van der Waals surface area (Å²) in [6.45, 7) is 1.43. The summed E-state index contributed by atoms with van der Waals surface area (Å²) in [6, 6.07) is 21.0. The van der Waals surface area contributed by atoms with Crippen molar-refractivity contribution in [1.29, 1.82) is 0 Å². The third-order valence-corrected chi connectivity index (χ3v) is 5.37. The van der Waals surface area contributed by atoms with Crippen LogP contribution in [0.5, 0.6) is 23.0 Å². The maximum Gasteiger partial charge on any atom is 0.323 e. The van der Waals surface area contributed by atoms with Gasteiger partial charge in [0.15, 0.2) is 5.75 Å². The normalized spacial score (nSPS) is 10.2. The Morgan fingerprint density at radius 3 is 2.03 bits per heavy atom. The van der Waals surface area contributed by atoms with E-state index in [9.17, 15) is 14.4 Å². The van der Waals surface area contributed by atoms with Gasteiger partial charge in [0.25, 0.3) is 5.91 Å². The molecule has 4 N–H and O–H groups in total. The lowest BCUT2D eigenvalue weighted by Gasteiger charge is -2.14. The smallest absolute Gasteiger partial charge is 0.323 e. The summed E-state index contributed by atoms with van der Waals surface area (Å²) in [7, 11) is 1.52. The highest BCUT2D eigenvalue weighted by molar-refractivity contribution is 6.31. The summed E-state index contributed by atoms with van der Waals surface area (Å²) in [6.07, 6.45) is 1.48. The number of carbonyl (C=O) groups excluding carboxylic acids is 3. The van der Waals surface area contributed by atoms with Crippen LogP contribution in [0.25, 0.3) is 0 Å². The van der Waals surface area contributed by atoms with Gasteiger partial charge < -0.3 is 30.7 Å². The molecule has 11 heteroatoms. The minimum atomic E-state index is -0.513. The van der Waals surface area contributed by atoms with Gasteiger partial charge >= 0.3 is 6.03 Å². The lowest BCUT2D eigenvalue weighted by molar-refractivity contribution is -0.114. The minimum Gasteiger partial charge on any atom is -0.457 e. The van der Waals surface area contributed by atoms with Crippen molar-refractivity contribution < 1.29 is 23.9 Å². The zero-order chi connectivity index (χ0) is 27.8. The first-order chi connectivity index (χ1) is 18.8. The minimum absolute atomic E-state index is 0.175. The summed E-state index contributed by atoms with van der Waals surface area (Å²) in [5.74, 6) is 1.33. The van der Waals surface area contributed by atoms with Crippen molar-refractivity contribution in [2.24, 2.45) is 0 Å². The van der Waals surface area contributed by atoms with Crippen LogP contribution in [0.4, 0.5) is 21.9 Å². The number of amides is 4. The molecule has 4 rings (SSSR count). The molecule has 0 aliphatic rings. The molecule has 0 aliphatic heterocycles. The van der Waals surface area contributed by atoms with E-state index in [4.69, 9.17) is 21.1 Å². The van der Waals surface area contributed by atoms with E-state index in [1.165, 1.54) is 26.2 Å². The van der Waals surface area contributed by atoms with Gasteiger partial charge in [0.1, 0.15) is 22.9 Å². The molecular formula is C28H24ClN5O5. The van der Waals surface area contributed by atoms with Crippen LogP contribution in [0.2, 0.25) is 5.02 Å². The average molecular weight is 546 g/mol. The maximum atomic E-state index is 12.7. The molecule has 39 heavy (non-hydrogen) atoms. The standard InChI is InChI=1S/C28H24ClN5O5/c1-17(35)32-19-4-10-22(11-5-19)39-26-12-3-18(29)15-24(26)34-28(37)33-20-6-8-21(9-7-20)38-23-13-14-31-25(16-23)27(36)30-2/h3-16H,1-2H3,(H,30,36)(H,32,35)(H2,33,34,37). The first kappa shape index (κ1) is 27.0. The third kappa shape index (κ3) is 7.70. The third-order valence-electron chi connectivity index (χ3n) is 5.13. The predicted octanol–water partition coefficient (Wildman–Crippen LogP) is 6.28. The van der Waals surface area contributed by atoms with Gasteiger partial charge in [0, 0.05) is 42.6 Å². The lowest BCUT2D eigenvalue weighted by atomic mass is 10.2. The molecule has 3 aromatic carbocycles. The molecule has 0 unspecified atom stereocenters. The molecule has 1 aromatic heterocycles. The summed E-state index contributed by atoms with van der Waals surface area (Å²) >= 11 is 6.14. The molecule has 0 atom stereocenters. The van der Waals surface area contributed by atoms with Gasteiger partial charge in [-0.1, -0.05) is 11.6 Å². The number of urea groups is 1. The first-order valence-corrected chi connectivity index (χ1v) is 12.1. The van der Waals surface area contributed by atoms with E-state index >= 15 is 0 Å². The van der Waals surface area contributed by atoms with Gasteiger partial charge in [-0.05, 0) is 72.8 Å². The van der Waals surface area contributed by atoms with Gasteiger partial charge in [-0.15, -0.1) is 0 Å². The van der Waals surface area contributed by atoms with Crippen molar-refractivity contribution in [3.05, 3.63) is 95.8 Å². The second-order valence-electron chi connectivity index (χ2n) is 8.11. The number of hydrogen-bond donors (Lipinski definition) is 4. The average Bonchev–Trinajstić information content (AvgIpc) is 2.92. The molecule has 4 aromatic rings. The number of aromatic nitrogens is 1. The highest BCUT2D eigenvalue weighted by atomic mass is 35.5. The summed E-state index contributed by atoms with van der Waals surface area (Å²) in [4.78, 5) is 39.7. The van der Waals surface area contributed by atoms with Crippen LogP contribution in [0, 0.1) is 0 Å². The molecule has 0 fully saturated rings. The van der Waals surface area contributed by atoms with E-state index < -0.39 is 6.03 Å². The maximum absolute atomic E-state index is 12.7. The van der Waals surface area contributed by atoms with Gasteiger partial charge in [-0.3, -0.25) is 14.6 Å². The fourth-order valence-corrected chi connectivity index (χ4v) is 3.55. The molecule has 0 radical (unpaired) electrons. The number of halogens is 1. The van der Waals surface area contributed by atoms with Crippen LogP contribution in [0.1, 0.15) is 17.4 Å². The van der Waals surface area contributed by atoms with Crippen molar-refractivity contribution in [2.45, 2.75) is 6.92 Å². The fourth-order valence-electron chi connectivity index (χ4n) is 3.38. The molecule has 0 saturated carbocycles. The van der Waals surface area contributed by atoms with Crippen molar-refractivity contribution in [1.82, 2.24) is 10.3 Å². The second-order valence-corrected chi connectivity index (χ2v) is 8.55. The van der Waals surface area contributed by atoms with E-state index in [2.05, 4.69) is 26.3 Å². The Hall–Kier alpha value is -5.09. The number of carbonyl (C=O) groups is 3. The van der Waals surface area contributed by atoms with E-state index in [1.807, 2.05) is 0 Å². The highest BCUT2D eigenvalue weighted by Crippen LogP contribution is 2.33. The number of ether oxygens (including phenoxy) is 2. The SMILES string of the molecule is CNC(=O)c1cc(Oc2ccc(NC(=O)Nc3cc(Cl)ccc3Oc3ccc(NC(C)=O)cc3)cc2)ccn1. The summed E-state index contributed by atoms with van der Waals surface area (Å²) in [5.41, 5.74) is 1.74. The predicted molar refractivity (Wildman–Crippen MR) is 149 cm³/mol. The number of anilines is 3. The van der Waals surface area contributed by atoms with Crippen LogP contribution >= 0.6 is 11.6 Å². The molecule has 0 aliphatic carbocycles. The summed E-state index contributed by atoms with van der Waals surface area (Å²) < 4.78 is 11.7. The molecule has 0 bridgehead atoms. The Morgan fingerprint density at radius 2 is 1.38 bits per heavy atom. The van der Waals surface area contributed by atoms with Gasteiger partial charge in [0.2, 0.25) is 5.91 Å². The van der Waals surface area contributed by atoms with E-state index in [-0.39, 0.29) is 17.5 Å². The van der Waals surface area contributed by atoms with Gasteiger partial charge in [-0.2, -0.15) is 0 Å². The molecule has 0 saturated heterocycles. The van der Waals surface area contributed by atoms with Gasteiger partial charge in [-0.25, -0.2) is 4.79 Å². The Kier molecular flexibility index (Phi) is 8.60. The van der Waals surface area contributed by atoms with Crippen LogP contribution in [0.15, 0.2) is 85.1 Å². The van der Waals surface area contributed by atoms with Crippen molar-refractivity contribution >= 4 is 46.5 Å². The van der Waals surface area contributed by atoms with Crippen LogP contribution < -0.4 is 30.7 Å². The lowest BCUT2D eigenvalue weighted by Crippen LogP contribution is -2.19. The fraction of sp³-hybridized carbons (Fsp3) is 0.0714. The monoisotopic (exact) mass is 545 g/mol. The zero-order valence-corrected chi connectivity index (χ0v) is 21.7. The largest absolute Gasteiger partial charge is 0.457 e. The van der Waals surface area contributed by atoms with Crippen molar-refractivity contribution in [2.75, 3.05) is 23.0 Å². The van der Waals surface area contributed by atoms with Gasteiger partial charge in [0.05, 0.1) is 5.69 Å². The van der Waals surface area contributed by atoms with Crippen molar-refractivity contribution in [3.8, 4) is 23.0 Å². The topological polar surface area (TPSA) is 131 Å². The number of nitrogens with zero attached hydrogens (tertiary/aromatic N) is 1. The number of pyridine rings is 1. The molecular weight excluding hydrogens is 522 g/mol. The number of rotatable bonds is 8. The Labute approximate surface area is 229 Å². The van der Waals surface area contributed by atoms with Crippen molar-refractivity contribution in [3.63, 3.8) is 0 Å². The quantitative estimate of drug-likeness (QED) is 0.206. The second kappa shape index (κ2) is 12.4. The Morgan fingerprint density at radius 1 is 0.744 bits per heavy atom. The Bertz CT molecular complexity index is 1490. The number of nitrogens with one attached hydrogen (secondary N) is 4. The first-order valence-electron chi connectivity index (χ1n) is 11.7. The Balaban J connectivity index is 1.39.